The molecule has 0 bridgehead atoms. The summed E-state index contributed by atoms with van der Waals surface area (Å²) in [7, 11) is 0. The summed E-state index contributed by atoms with van der Waals surface area (Å²) < 4.78 is 19.7. The molecule has 0 heterocycles. The van der Waals surface area contributed by atoms with Gasteiger partial charge in [-0.1, -0.05) is 49.6 Å². The first-order chi connectivity index (χ1) is 9.08. The van der Waals surface area contributed by atoms with Crippen molar-refractivity contribution < 1.29 is 9.13 Å². The first kappa shape index (κ1) is 14.5. The lowest BCUT2D eigenvalue weighted by Gasteiger charge is -2.11. The van der Waals surface area contributed by atoms with E-state index in [0.29, 0.717) is 6.61 Å². The fraction of sp³-hybridized carbons (Fsp3) is 0.200. The van der Waals surface area contributed by atoms with Crippen molar-refractivity contribution in [2.75, 3.05) is 0 Å². The van der Waals surface area contributed by atoms with Crippen LogP contribution in [-0.2, 0) is 11.9 Å². The van der Waals surface area contributed by atoms with Crippen molar-refractivity contribution >= 4 is 31.9 Å². The van der Waals surface area contributed by atoms with Gasteiger partial charge in [-0.05, 0) is 36.8 Å². The van der Waals surface area contributed by atoms with E-state index in [1.165, 1.54) is 17.7 Å². The molecule has 0 atom stereocenters. The third-order valence-electron chi connectivity index (χ3n) is 2.68. The van der Waals surface area contributed by atoms with Crippen LogP contribution < -0.4 is 4.74 Å². The summed E-state index contributed by atoms with van der Waals surface area (Å²) in [6.45, 7) is 2.39. The van der Waals surface area contributed by atoms with Gasteiger partial charge in [0.05, 0.1) is 0 Å². The molecule has 0 spiro atoms. The Labute approximate surface area is 129 Å². The van der Waals surface area contributed by atoms with E-state index in [4.69, 9.17) is 4.74 Å². The van der Waals surface area contributed by atoms with Gasteiger partial charge >= 0.3 is 0 Å². The van der Waals surface area contributed by atoms with E-state index in [1.807, 2.05) is 25.1 Å². The summed E-state index contributed by atoms with van der Waals surface area (Å²) in [5.74, 6) is 0.556. The second kappa shape index (κ2) is 6.53. The first-order valence-electron chi connectivity index (χ1n) is 5.82. The Morgan fingerprint density at radius 3 is 2.63 bits per heavy atom. The molecular weight excluding hydrogens is 375 g/mol. The molecule has 0 unspecified atom stereocenters. The molecular formula is C15H13Br2FO. The zero-order valence-corrected chi connectivity index (χ0v) is 13.6. The lowest BCUT2D eigenvalue weighted by Crippen LogP contribution is -1.99. The van der Waals surface area contributed by atoms with Gasteiger partial charge in [0.15, 0.2) is 0 Å². The summed E-state index contributed by atoms with van der Waals surface area (Å²) in [6, 6.07) is 10.8. The molecule has 0 aliphatic carbocycles. The standard InChI is InChI=1S/C15H13Br2FO/c1-10-2-3-15(12(4-10)8-16)19-9-11-5-13(17)7-14(18)6-11/h2-7H,8-9H2,1H3. The minimum Gasteiger partial charge on any atom is -0.489 e. The molecule has 2 aromatic carbocycles. The third-order valence-corrected chi connectivity index (χ3v) is 3.74. The molecule has 0 saturated heterocycles. The normalized spacial score (nSPS) is 10.5. The summed E-state index contributed by atoms with van der Waals surface area (Å²) in [4.78, 5) is 0. The molecule has 0 N–H and O–H groups in total. The Kier molecular flexibility index (Phi) is 4.99. The average molecular weight is 388 g/mol. The van der Waals surface area contributed by atoms with Gasteiger partial charge in [-0.25, -0.2) is 4.39 Å². The highest BCUT2D eigenvalue weighted by Gasteiger charge is 2.05. The molecule has 100 valence electrons. The van der Waals surface area contributed by atoms with Gasteiger partial charge in [-0.2, -0.15) is 0 Å². The minimum absolute atomic E-state index is 0.266. The molecule has 2 aromatic rings. The van der Waals surface area contributed by atoms with Gasteiger partial charge in [0.2, 0.25) is 0 Å². The predicted octanol–water partition coefficient (Wildman–Crippen LogP) is 5.37. The van der Waals surface area contributed by atoms with E-state index in [9.17, 15) is 4.39 Å². The molecule has 0 radical (unpaired) electrons. The van der Waals surface area contributed by atoms with Gasteiger partial charge in [0.1, 0.15) is 18.2 Å². The van der Waals surface area contributed by atoms with Gasteiger partial charge in [0, 0.05) is 15.4 Å². The Hall–Kier alpha value is -0.870. The molecule has 0 fully saturated rings. The zero-order chi connectivity index (χ0) is 13.8. The lowest BCUT2D eigenvalue weighted by molar-refractivity contribution is 0.303. The smallest absolute Gasteiger partial charge is 0.124 e. The summed E-state index contributed by atoms with van der Waals surface area (Å²) in [6.07, 6.45) is 0. The number of ether oxygens (including phenoxy) is 1. The minimum atomic E-state index is -0.266. The second-order valence-corrected chi connectivity index (χ2v) is 5.79. The van der Waals surface area contributed by atoms with Crippen molar-refractivity contribution in [3.05, 3.63) is 63.4 Å². The number of alkyl halides is 1. The highest BCUT2D eigenvalue weighted by molar-refractivity contribution is 9.10. The number of halogens is 3. The predicted molar refractivity (Wildman–Crippen MR) is 82.2 cm³/mol. The lowest BCUT2D eigenvalue weighted by atomic mass is 10.1. The number of benzene rings is 2. The Morgan fingerprint density at radius 2 is 1.95 bits per heavy atom. The van der Waals surface area contributed by atoms with Gasteiger partial charge in [-0.3, -0.25) is 0 Å². The topological polar surface area (TPSA) is 9.23 Å². The molecule has 0 aliphatic rings. The van der Waals surface area contributed by atoms with Crippen LogP contribution in [0.2, 0.25) is 0 Å². The number of hydrogen-bond acceptors (Lipinski definition) is 1. The molecule has 0 aliphatic heterocycles. The van der Waals surface area contributed by atoms with Crippen molar-refractivity contribution in [3.8, 4) is 5.75 Å². The average Bonchev–Trinajstić information content (AvgIpc) is 2.36. The maximum absolute atomic E-state index is 13.3. The third kappa shape index (κ3) is 4.05. The van der Waals surface area contributed by atoms with Crippen molar-refractivity contribution in [1.29, 1.82) is 0 Å². The fourth-order valence-electron chi connectivity index (χ4n) is 1.81. The van der Waals surface area contributed by atoms with Crippen LogP contribution in [-0.4, -0.2) is 0 Å². The van der Waals surface area contributed by atoms with Crippen LogP contribution in [0.5, 0.6) is 5.75 Å². The van der Waals surface area contributed by atoms with Crippen LogP contribution in [0.25, 0.3) is 0 Å². The van der Waals surface area contributed by atoms with E-state index in [2.05, 4.69) is 37.9 Å². The van der Waals surface area contributed by atoms with Gasteiger partial charge in [-0.15, -0.1) is 0 Å². The van der Waals surface area contributed by atoms with Crippen molar-refractivity contribution in [2.45, 2.75) is 18.9 Å². The summed E-state index contributed by atoms with van der Waals surface area (Å²) in [5.41, 5.74) is 3.08. The highest BCUT2D eigenvalue weighted by atomic mass is 79.9. The van der Waals surface area contributed by atoms with E-state index < -0.39 is 0 Å². The van der Waals surface area contributed by atoms with Crippen LogP contribution in [0, 0.1) is 12.7 Å². The van der Waals surface area contributed by atoms with Crippen LogP contribution in [0.4, 0.5) is 4.39 Å². The second-order valence-electron chi connectivity index (χ2n) is 4.31. The van der Waals surface area contributed by atoms with Crippen LogP contribution in [0.15, 0.2) is 40.9 Å². The molecule has 0 aromatic heterocycles. The highest BCUT2D eigenvalue weighted by Crippen LogP contribution is 2.24. The Morgan fingerprint density at radius 1 is 1.16 bits per heavy atom. The van der Waals surface area contributed by atoms with Crippen molar-refractivity contribution in [2.24, 2.45) is 0 Å². The SMILES string of the molecule is Cc1ccc(OCc2cc(F)cc(Br)c2)c(CBr)c1. The van der Waals surface area contributed by atoms with Crippen molar-refractivity contribution in [1.82, 2.24) is 0 Å². The molecule has 1 nitrogen and oxygen atoms in total. The van der Waals surface area contributed by atoms with Crippen LogP contribution >= 0.6 is 31.9 Å². The summed E-state index contributed by atoms with van der Waals surface area (Å²) >= 11 is 6.72. The largest absolute Gasteiger partial charge is 0.489 e. The Bertz CT molecular complexity index is 564. The van der Waals surface area contributed by atoms with E-state index in [0.717, 1.165) is 26.7 Å². The maximum atomic E-state index is 13.3. The number of rotatable bonds is 4. The summed E-state index contributed by atoms with van der Waals surface area (Å²) in [5, 5.41) is 0.733. The van der Waals surface area contributed by atoms with E-state index in [1.54, 1.807) is 0 Å². The Balaban J connectivity index is 2.14. The molecule has 0 saturated carbocycles. The van der Waals surface area contributed by atoms with Gasteiger partial charge in [0.25, 0.3) is 0 Å². The van der Waals surface area contributed by atoms with Crippen molar-refractivity contribution in [3.63, 3.8) is 0 Å². The van der Waals surface area contributed by atoms with E-state index >= 15 is 0 Å². The van der Waals surface area contributed by atoms with Gasteiger partial charge < -0.3 is 4.74 Å². The molecule has 4 heteroatoms. The van der Waals surface area contributed by atoms with Crippen LogP contribution in [0.3, 0.4) is 0 Å². The van der Waals surface area contributed by atoms with Crippen LogP contribution in [0.1, 0.15) is 16.7 Å². The first-order valence-corrected chi connectivity index (χ1v) is 7.73. The number of aryl methyl sites for hydroxylation is 1. The molecule has 2 rings (SSSR count). The molecule has 19 heavy (non-hydrogen) atoms. The van der Waals surface area contributed by atoms with E-state index in [-0.39, 0.29) is 5.82 Å². The monoisotopic (exact) mass is 386 g/mol. The zero-order valence-electron chi connectivity index (χ0n) is 10.4. The quantitative estimate of drug-likeness (QED) is 0.640. The fourth-order valence-corrected chi connectivity index (χ4v) is 2.76. The maximum Gasteiger partial charge on any atom is 0.124 e. The molecule has 0 amide bonds. The number of hydrogen-bond donors (Lipinski definition) is 0.